The van der Waals surface area contributed by atoms with E-state index in [-0.39, 0.29) is 11.8 Å². The van der Waals surface area contributed by atoms with Gasteiger partial charge in [-0.05, 0) is 42.1 Å². The number of amides is 2. The van der Waals surface area contributed by atoms with E-state index in [0.29, 0.717) is 11.3 Å². The average molecular weight is 288 g/mol. The Kier molecular flexibility index (Phi) is 4.53. The minimum atomic E-state index is -0.121. The molecule has 0 spiro atoms. The fraction of sp³-hybridized carbons (Fsp3) is 0.200. The molecule has 2 rings (SSSR count). The van der Waals surface area contributed by atoms with E-state index in [4.69, 9.17) is 0 Å². The molecule has 4 nitrogen and oxygen atoms in total. The molecule has 0 bridgehead atoms. The minimum Gasteiger partial charge on any atom is -0.326 e. The van der Waals surface area contributed by atoms with E-state index in [9.17, 15) is 9.59 Å². The van der Waals surface area contributed by atoms with Crippen molar-refractivity contribution in [3.8, 4) is 0 Å². The predicted molar refractivity (Wildman–Crippen MR) is 82.4 cm³/mol. The molecule has 2 amide bonds. The van der Waals surface area contributed by atoms with Gasteiger partial charge < -0.3 is 10.6 Å². The molecule has 0 radical (unpaired) electrons. The molecular weight excluding hydrogens is 272 g/mol. The summed E-state index contributed by atoms with van der Waals surface area (Å²) in [5, 5.41) is 7.52. The van der Waals surface area contributed by atoms with Gasteiger partial charge in [-0.2, -0.15) is 0 Å². The molecule has 0 fully saturated rings. The summed E-state index contributed by atoms with van der Waals surface area (Å²) in [6.07, 6.45) is 0.441. The Morgan fingerprint density at radius 2 is 2.00 bits per heavy atom. The zero-order valence-electron chi connectivity index (χ0n) is 11.4. The molecule has 0 aliphatic rings. The van der Waals surface area contributed by atoms with Gasteiger partial charge in [0.05, 0.1) is 4.88 Å². The molecule has 0 aliphatic heterocycles. The Morgan fingerprint density at radius 3 is 2.60 bits per heavy atom. The van der Waals surface area contributed by atoms with Crippen molar-refractivity contribution in [2.45, 2.75) is 20.3 Å². The zero-order chi connectivity index (χ0) is 14.5. The summed E-state index contributed by atoms with van der Waals surface area (Å²) >= 11 is 1.40. The van der Waals surface area contributed by atoms with Crippen molar-refractivity contribution in [1.82, 2.24) is 0 Å². The molecule has 0 saturated carbocycles. The van der Waals surface area contributed by atoms with Crippen LogP contribution in [-0.2, 0) is 4.79 Å². The maximum absolute atomic E-state index is 11.9. The smallest absolute Gasteiger partial charge is 0.265 e. The third-order valence-electron chi connectivity index (χ3n) is 2.82. The van der Waals surface area contributed by atoms with Crippen LogP contribution in [0.3, 0.4) is 0 Å². The Labute approximate surface area is 121 Å². The van der Waals surface area contributed by atoms with Gasteiger partial charge in [0.2, 0.25) is 5.91 Å². The fourth-order valence-electron chi connectivity index (χ4n) is 1.72. The maximum Gasteiger partial charge on any atom is 0.265 e. The van der Waals surface area contributed by atoms with Crippen molar-refractivity contribution in [2.24, 2.45) is 0 Å². The number of hydrogen-bond acceptors (Lipinski definition) is 3. The summed E-state index contributed by atoms with van der Waals surface area (Å²) in [5.41, 5.74) is 2.40. The van der Waals surface area contributed by atoms with Gasteiger partial charge >= 0.3 is 0 Å². The van der Waals surface area contributed by atoms with Crippen molar-refractivity contribution in [1.29, 1.82) is 0 Å². The third kappa shape index (κ3) is 3.45. The standard InChI is InChI=1S/C15H16N2O2S/c1-3-14(18)17-12-7-6-11(9-10(12)2)16-15(19)13-5-4-8-20-13/h4-9H,3H2,1-2H3,(H,16,19)(H,17,18). The van der Waals surface area contributed by atoms with E-state index in [1.807, 2.05) is 24.4 Å². The first-order valence-electron chi connectivity index (χ1n) is 6.35. The summed E-state index contributed by atoms with van der Waals surface area (Å²) < 4.78 is 0. The van der Waals surface area contributed by atoms with E-state index in [2.05, 4.69) is 10.6 Å². The number of aryl methyl sites for hydroxylation is 1. The van der Waals surface area contributed by atoms with Gasteiger partial charge in [-0.25, -0.2) is 0 Å². The summed E-state index contributed by atoms with van der Waals surface area (Å²) in [5.74, 6) is -0.145. The average Bonchev–Trinajstić information content (AvgIpc) is 2.95. The Balaban J connectivity index is 2.09. The number of hydrogen-bond donors (Lipinski definition) is 2. The molecule has 0 unspecified atom stereocenters. The summed E-state index contributed by atoms with van der Waals surface area (Å²) in [6.45, 7) is 3.70. The van der Waals surface area contributed by atoms with Crippen molar-refractivity contribution >= 4 is 34.5 Å². The highest BCUT2D eigenvalue weighted by molar-refractivity contribution is 7.12. The SMILES string of the molecule is CCC(=O)Nc1ccc(NC(=O)c2cccs2)cc1C. The van der Waals surface area contributed by atoms with Crippen LogP contribution in [0.5, 0.6) is 0 Å². The van der Waals surface area contributed by atoms with Crippen molar-refractivity contribution in [3.63, 3.8) is 0 Å². The number of thiophene rings is 1. The first-order chi connectivity index (χ1) is 9.60. The molecule has 20 heavy (non-hydrogen) atoms. The molecule has 2 aromatic rings. The number of nitrogens with one attached hydrogen (secondary N) is 2. The zero-order valence-corrected chi connectivity index (χ0v) is 12.2. The molecule has 0 aliphatic carbocycles. The van der Waals surface area contributed by atoms with E-state index >= 15 is 0 Å². The highest BCUT2D eigenvalue weighted by Crippen LogP contribution is 2.21. The molecule has 2 N–H and O–H groups in total. The van der Waals surface area contributed by atoms with Crippen molar-refractivity contribution in [2.75, 3.05) is 10.6 Å². The molecule has 0 atom stereocenters. The van der Waals surface area contributed by atoms with E-state index in [1.54, 1.807) is 25.1 Å². The van der Waals surface area contributed by atoms with Gasteiger partial charge in [-0.3, -0.25) is 9.59 Å². The van der Waals surface area contributed by atoms with Crippen LogP contribution >= 0.6 is 11.3 Å². The van der Waals surface area contributed by atoms with Crippen LogP contribution in [-0.4, -0.2) is 11.8 Å². The molecule has 5 heteroatoms. The third-order valence-corrected chi connectivity index (χ3v) is 3.69. The van der Waals surface area contributed by atoms with E-state index < -0.39 is 0 Å². The maximum atomic E-state index is 11.9. The van der Waals surface area contributed by atoms with Crippen LogP contribution in [0.4, 0.5) is 11.4 Å². The second-order valence-corrected chi connectivity index (χ2v) is 5.31. The number of carbonyl (C=O) groups excluding carboxylic acids is 2. The van der Waals surface area contributed by atoms with E-state index in [1.165, 1.54) is 11.3 Å². The fourth-order valence-corrected chi connectivity index (χ4v) is 2.34. The van der Waals surface area contributed by atoms with Gasteiger partial charge in [0.1, 0.15) is 0 Å². The lowest BCUT2D eigenvalue weighted by molar-refractivity contribution is -0.115. The van der Waals surface area contributed by atoms with Crippen molar-refractivity contribution < 1.29 is 9.59 Å². The first kappa shape index (κ1) is 14.3. The molecular formula is C15H16N2O2S. The second kappa shape index (κ2) is 6.34. The number of rotatable bonds is 4. The van der Waals surface area contributed by atoms with Crippen LogP contribution in [0.15, 0.2) is 35.7 Å². The van der Waals surface area contributed by atoms with Crippen LogP contribution in [0.2, 0.25) is 0 Å². The largest absolute Gasteiger partial charge is 0.326 e. The molecule has 1 heterocycles. The van der Waals surface area contributed by atoms with E-state index in [0.717, 1.165) is 16.9 Å². The summed E-state index contributed by atoms with van der Waals surface area (Å²) in [4.78, 5) is 24.0. The Hall–Kier alpha value is -2.14. The highest BCUT2D eigenvalue weighted by atomic mass is 32.1. The summed E-state index contributed by atoms with van der Waals surface area (Å²) in [6, 6.07) is 9.05. The Morgan fingerprint density at radius 1 is 1.20 bits per heavy atom. The topological polar surface area (TPSA) is 58.2 Å². The lowest BCUT2D eigenvalue weighted by atomic mass is 10.1. The number of anilines is 2. The molecule has 0 saturated heterocycles. The minimum absolute atomic E-state index is 0.0246. The molecule has 104 valence electrons. The van der Waals surface area contributed by atoms with Crippen LogP contribution < -0.4 is 10.6 Å². The lowest BCUT2D eigenvalue weighted by Gasteiger charge is -2.10. The predicted octanol–water partition coefficient (Wildman–Crippen LogP) is 3.66. The number of benzene rings is 1. The van der Waals surface area contributed by atoms with Gasteiger partial charge in [0.25, 0.3) is 5.91 Å². The summed E-state index contributed by atoms with van der Waals surface area (Å²) in [7, 11) is 0. The lowest BCUT2D eigenvalue weighted by Crippen LogP contribution is -2.12. The highest BCUT2D eigenvalue weighted by Gasteiger charge is 2.08. The molecule has 1 aromatic heterocycles. The first-order valence-corrected chi connectivity index (χ1v) is 7.23. The molecule has 1 aromatic carbocycles. The van der Waals surface area contributed by atoms with Crippen molar-refractivity contribution in [3.05, 3.63) is 46.2 Å². The van der Waals surface area contributed by atoms with Gasteiger partial charge in [-0.15, -0.1) is 11.3 Å². The van der Waals surface area contributed by atoms with Gasteiger partial charge in [0.15, 0.2) is 0 Å². The second-order valence-electron chi connectivity index (χ2n) is 4.36. The van der Waals surface area contributed by atoms with Crippen LogP contribution in [0.1, 0.15) is 28.6 Å². The van der Waals surface area contributed by atoms with Crippen LogP contribution in [0, 0.1) is 6.92 Å². The van der Waals surface area contributed by atoms with Crippen LogP contribution in [0.25, 0.3) is 0 Å². The monoisotopic (exact) mass is 288 g/mol. The Bertz CT molecular complexity index is 621. The van der Waals surface area contributed by atoms with Gasteiger partial charge in [-0.1, -0.05) is 13.0 Å². The normalized spacial score (nSPS) is 10.1. The van der Waals surface area contributed by atoms with Gasteiger partial charge in [0, 0.05) is 17.8 Å². The number of carbonyl (C=O) groups is 2. The quantitative estimate of drug-likeness (QED) is 0.902.